The van der Waals surface area contributed by atoms with E-state index in [-0.39, 0.29) is 0 Å². The summed E-state index contributed by atoms with van der Waals surface area (Å²) >= 11 is 0. The van der Waals surface area contributed by atoms with Crippen molar-refractivity contribution in [2.75, 3.05) is 0 Å². The molecule has 0 saturated heterocycles. The Morgan fingerprint density at radius 3 is 0.941 bits per heavy atom. The van der Waals surface area contributed by atoms with E-state index in [1.807, 2.05) is 24.3 Å². The van der Waals surface area contributed by atoms with Gasteiger partial charge in [-0.2, -0.15) is 0 Å². The number of aliphatic hydroxyl groups is 2. The monoisotopic (exact) mass is 442 g/mol. The SMILES string of the molecule is O=C(C#CC(O)(c1ccccc1)c1ccccc1)C#CC(O)(c1ccccc1)c1ccccc1. The first kappa shape index (κ1) is 22.8. The fraction of sp³-hybridized carbons (Fsp3) is 0.0645. The zero-order chi connectivity index (χ0) is 23.9. The minimum atomic E-state index is -1.69. The molecule has 4 rings (SSSR count). The Balaban J connectivity index is 1.73. The number of hydrogen-bond acceptors (Lipinski definition) is 3. The lowest BCUT2D eigenvalue weighted by Gasteiger charge is -2.23. The van der Waals surface area contributed by atoms with E-state index < -0.39 is 17.0 Å². The van der Waals surface area contributed by atoms with E-state index in [1.165, 1.54) is 0 Å². The first-order valence-electron chi connectivity index (χ1n) is 10.8. The third-order valence-electron chi connectivity index (χ3n) is 5.48. The summed E-state index contributed by atoms with van der Waals surface area (Å²) in [6.45, 7) is 0. The molecule has 0 fully saturated rings. The molecule has 34 heavy (non-hydrogen) atoms. The van der Waals surface area contributed by atoms with Crippen LogP contribution in [0.2, 0.25) is 0 Å². The van der Waals surface area contributed by atoms with Gasteiger partial charge in [-0.3, -0.25) is 4.79 Å². The van der Waals surface area contributed by atoms with Crippen LogP contribution in [0.1, 0.15) is 22.3 Å². The fourth-order valence-corrected chi connectivity index (χ4v) is 3.67. The maximum absolute atomic E-state index is 12.7. The lowest BCUT2D eigenvalue weighted by atomic mass is 9.86. The van der Waals surface area contributed by atoms with Crippen LogP contribution in [0.3, 0.4) is 0 Å². The molecule has 0 aliphatic rings. The summed E-state index contributed by atoms with van der Waals surface area (Å²) in [7, 11) is 0. The normalized spacial score (nSPS) is 10.9. The van der Waals surface area contributed by atoms with Crippen molar-refractivity contribution in [1.29, 1.82) is 0 Å². The summed E-state index contributed by atoms with van der Waals surface area (Å²) in [5.41, 5.74) is -1.21. The maximum atomic E-state index is 12.7. The molecule has 3 heteroatoms. The van der Waals surface area contributed by atoms with Crippen molar-refractivity contribution in [3.8, 4) is 23.7 Å². The van der Waals surface area contributed by atoms with E-state index in [2.05, 4.69) is 23.7 Å². The Labute approximate surface area is 199 Å². The number of Topliss-reactive ketones (excluding diaryl/α,β-unsaturated/α-hetero) is 1. The van der Waals surface area contributed by atoms with Crippen LogP contribution in [0, 0.1) is 23.7 Å². The van der Waals surface area contributed by atoms with E-state index in [4.69, 9.17) is 0 Å². The van der Waals surface area contributed by atoms with Gasteiger partial charge in [0.15, 0.2) is 11.2 Å². The zero-order valence-electron chi connectivity index (χ0n) is 18.3. The van der Waals surface area contributed by atoms with Crippen LogP contribution in [0.5, 0.6) is 0 Å². The number of rotatable bonds is 4. The molecule has 0 aromatic heterocycles. The largest absolute Gasteiger partial charge is 0.369 e. The first-order valence-corrected chi connectivity index (χ1v) is 10.8. The van der Waals surface area contributed by atoms with Crippen LogP contribution in [-0.2, 0) is 16.0 Å². The van der Waals surface area contributed by atoms with Crippen molar-refractivity contribution in [1.82, 2.24) is 0 Å². The topological polar surface area (TPSA) is 57.5 Å². The Kier molecular flexibility index (Phi) is 6.72. The molecule has 0 saturated carbocycles. The van der Waals surface area contributed by atoms with Gasteiger partial charge in [0.05, 0.1) is 0 Å². The predicted molar refractivity (Wildman–Crippen MR) is 132 cm³/mol. The molecule has 164 valence electrons. The summed E-state index contributed by atoms with van der Waals surface area (Å²) in [6.07, 6.45) is 0. The van der Waals surface area contributed by atoms with E-state index in [0.29, 0.717) is 22.3 Å². The number of ketones is 1. The van der Waals surface area contributed by atoms with Gasteiger partial charge in [0.2, 0.25) is 0 Å². The summed E-state index contributed by atoms with van der Waals surface area (Å²) in [4.78, 5) is 12.7. The van der Waals surface area contributed by atoms with Gasteiger partial charge in [0, 0.05) is 22.3 Å². The van der Waals surface area contributed by atoms with Crippen molar-refractivity contribution in [3.63, 3.8) is 0 Å². The van der Waals surface area contributed by atoms with Gasteiger partial charge in [-0.15, -0.1) is 0 Å². The molecule has 0 aliphatic heterocycles. The van der Waals surface area contributed by atoms with E-state index in [0.717, 1.165) is 0 Å². The summed E-state index contributed by atoms with van der Waals surface area (Å²) in [6, 6.07) is 35.8. The molecule has 4 aromatic carbocycles. The van der Waals surface area contributed by atoms with E-state index in [9.17, 15) is 15.0 Å². The number of benzene rings is 4. The van der Waals surface area contributed by atoms with Crippen molar-refractivity contribution in [3.05, 3.63) is 144 Å². The maximum Gasteiger partial charge on any atom is 0.279 e. The molecule has 0 amide bonds. The van der Waals surface area contributed by atoms with Gasteiger partial charge in [0.25, 0.3) is 5.78 Å². The molecular formula is C31H22O3. The standard InChI is InChI=1S/C31H22O3/c32-29(21-23-30(33,25-13-5-1-6-14-25)26-15-7-2-8-16-26)22-24-31(34,27-17-9-3-10-18-27)28-19-11-4-12-20-28/h1-20,33-34H. The Bertz CT molecular complexity index is 1180. The Hall–Kier alpha value is -4.41. The number of carbonyl (C=O) groups is 1. The van der Waals surface area contributed by atoms with Gasteiger partial charge in [0.1, 0.15) is 0 Å². The lowest BCUT2D eigenvalue weighted by molar-refractivity contribution is -0.109. The second-order valence-corrected chi connectivity index (χ2v) is 7.71. The van der Waals surface area contributed by atoms with Crippen molar-refractivity contribution < 1.29 is 15.0 Å². The Morgan fingerprint density at radius 2 is 0.706 bits per heavy atom. The quantitative estimate of drug-likeness (QED) is 0.363. The Morgan fingerprint density at radius 1 is 0.471 bits per heavy atom. The van der Waals surface area contributed by atoms with Crippen LogP contribution in [0.4, 0.5) is 0 Å². The van der Waals surface area contributed by atoms with Crippen molar-refractivity contribution in [2.45, 2.75) is 11.2 Å². The molecule has 0 radical (unpaired) electrons. The van der Waals surface area contributed by atoms with Crippen LogP contribution >= 0.6 is 0 Å². The molecule has 2 N–H and O–H groups in total. The van der Waals surface area contributed by atoms with Gasteiger partial charge in [-0.1, -0.05) is 121 Å². The molecule has 0 heterocycles. The van der Waals surface area contributed by atoms with Crippen molar-refractivity contribution >= 4 is 5.78 Å². The molecule has 0 aliphatic carbocycles. The highest BCUT2D eigenvalue weighted by atomic mass is 16.3. The average Bonchev–Trinajstić information content (AvgIpc) is 2.92. The molecule has 0 atom stereocenters. The minimum Gasteiger partial charge on any atom is -0.369 e. The van der Waals surface area contributed by atoms with E-state index >= 15 is 0 Å². The number of hydrogen-bond donors (Lipinski definition) is 2. The summed E-state index contributed by atoms with van der Waals surface area (Å²) in [5.74, 6) is 9.66. The predicted octanol–water partition coefficient (Wildman–Crippen LogP) is 4.43. The van der Waals surface area contributed by atoms with Gasteiger partial charge < -0.3 is 10.2 Å². The molecule has 4 aromatic rings. The van der Waals surface area contributed by atoms with Crippen LogP contribution in [-0.4, -0.2) is 16.0 Å². The molecular weight excluding hydrogens is 420 g/mol. The van der Waals surface area contributed by atoms with Gasteiger partial charge >= 0.3 is 0 Å². The average molecular weight is 443 g/mol. The minimum absolute atomic E-state index is 0.541. The van der Waals surface area contributed by atoms with Gasteiger partial charge in [-0.25, -0.2) is 0 Å². The summed E-state index contributed by atoms with van der Waals surface area (Å²) < 4.78 is 0. The fourth-order valence-electron chi connectivity index (χ4n) is 3.67. The highest BCUT2D eigenvalue weighted by molar-refractivity contribution is 6.09. The third-order valence-corrected chi connectivity index (χ3v) is 5.48. The van der Waals surface area contributed by atoms with Crippen molar-refractivity contribution in [2.24, 2.45) is 0 Å². The molecule has 0 unspecified atom stereocenters. The number of carbonyl (C=O) groups excluding carboxylic acids is 1. The van der Waals surface area contributed by atoms with E-state index in [1.54, 1.807) is 97.1 Å². The molecule has 3 nitrogen and oxygen atoms in total. The highest BCUT2D eigenvalue weighted by Gasteiger charge is 2.30. The van der Waals surface area contributed by atoms with Crippen LogP contribution < -0.4 is 0 Å². The lowest BCUT2D eigenvalue weighted by Crippen LogP contribution is -2.26. The van der Waals surface area contributed by atoms with Crippen LogP contribution in [0.15, 0.2) is 121 Å². The second kappa shape index (κ2) is 10.0. The highest BCUT2D eigenvalue weighted by Crippen LogP contribution is 2.30. The summed E-state index contributed by atoms with van der Waals surface area (Å²) in [5, 5.41) is 22.9. The zero-order valence-corrected chi connectivity index (χ0v) is 18.3. The second-order valence-electron chi connectivity index (χ2n) is 7.71. The molecule has 0 spiro atoms. The van der Waals surface area contributed by atoms with Gasteiger partial charge in [-0.05, 0) is 23.7 Å². The smallest absolute Gasteiger partial charge is 0.279 e. The first-order chi connectivity index (χ1) is 16.5. The third kappa shape index (κ3) is 4.82. The molecule has 0 bridgehead atoms. The van der Waals surface area contributed by atoms with Crippen LogP contribution in [0.25, 0.3) is 0 Å².